The van der Waals surface area contributed by atoms with Gasteiger partial charge in [0.15, 0.2) is 0 Å². The van der Waals surface area contributed by atoms with Crippen molar-refractivity contribution in [2.45, 2.75) is 32.2 Å². The second-order valence-electron chi connectivity index (χ2n) is 12.6. The van der Waals surface area contributed by atoms with Crippen molar-refractivity contribution in [2.24, 2.45) is 0 Å². The van der Waals surface area contributed by atoms with Crippen LogP contribution >= 0.6 is 0 Å². The van der Waals surface area contributed by atoms with Crippen LogP contribution in [0.4, 0.5) is 0 Å². The number of allylic oxidation sites excluding steroid dienone is 16. The number of furan rings is 2. The standard InChI is InChI=1S/2C20H15O.C2H6Si.2ClH.Zr/c2*1-2-7-15(8-3-1)18-10-5-4-9-16-13-17(14-19(16)18)20-11-6-12-21-20;1-3-2;;;/h2*1-14,18H;1-2H3;2*1H;/q;;;;;+2/p-2. The predicted octanol–water partition coefficient (Wildman–Crippen LogP) is 5.23. The fraction of sp³-hybridized carbons (Fsp3) is 0.143. The number of halogens is 2. The molecule has 4 unspecified atom stereocenters. The van der Waals surface area contributed by atoms with Crippen molar-refractivity contribution in [3.63, 3.8) is 0 Å². The van der Waals surface area contributed by atoms with Crippen molar-refractivity contribution in [1.29, 1.82) is 0 Å². The molecule has 0 radical (unpaired) electrons. The largest absolute Gasteiger partial charge is 1.00 e. The molecule has 8 rings (SSSR count). The molecule has 0 bridgehead atoms. The van der Waals surface area contributed by atoms with Gasteiger partial charge in [-0.15, -0.1) is 0 Å². The Morgan fingerprint density at radius 1 is 0.521 bits per heavy atom. The Kier molecular flexibility index (Phi) is 10.8. The van der Waals surface area contributed by atoms with Gasteiger partial charge in [-0.3, -0.25) is 0 Å². The monoisotopic (exact) mass is 760 g/mol. The molecule has 0 N–H and O–H groups in total. The maximum atomic E-state index is 6.26. The van der Waals surface area contributed by atoms with Crippen molar-refractivity contribution in [3.8, 4) is 0 Å². The molecule has 6 heteroatoms. The third-order valence-electron chi connectivity index (χ3n) is 9.71. The van der Waals surface area contributed by atoms with E-state index in [1.807, 2.05) is 24.7 Å². The predicted molar refractivity (Wildman–Crippen MR) is 187 cm³/mol. The van der Waals surface area contributed by atoms with E-state index in [9.17, 15) is 0 Å². The van der Waals surface area contributed by atoms with E-state index in [1.54, 1.807) is 0 Å². The summed E-state index contributed by atoms with van der Waals surface area (Å²) in [6.07, 6.45) is 27.3. The maximum absolute atomic E-state index is 6.26. The zero-order valence-corrected chi connectivity index (χ0v) is 31.9. The van der Waals surface area contributed by atoms with Crippen LogP contribution < -0.4 is 24.8 Å². The molecule has 2 aromatic carbocycles. The Labute approximate surface area is 303 Å². The molecule has 2 heterocycles. The van der Waals surface area contributed by atoms with Crippen molar-refractivity contribution < 1.29 is 54.0 Å². The van der Waals surface area contributed by atoms with E-state index in [4.69, 9.17) is 8.83 Å². The summed E-state index contributed by atoms with van der Waals surface area (Å²) < 4.78 is 13.2. The molecule has 4 atom stereocenters. The summed E-state index contributed by atoms with van der Waals surface area (Å²) in [6, 6.07) is 30.4. The Morgan fingerprint density at radius 2 is 0.958 bits per heavy atom. The van der Waals surface area contributed by atoms with Gasteiger partial charge in [0.25, 0.3) is 0 Å². The van der Waals surface area contributed by atoms with Crippen LogP contribution in [0.1, 0.15) is 34.5 Å². The number of hydrogen-bond acceptors (Lipinski definition) is 2. The summed E-state index contributed by atoms with van der Waals surface area (Å²) in [6.45, 7) is 5.16. The van der Waals surface area contributed by atoms with Gasteiger partial charge < -0.3 is 24.8 Å². The zero-order chi connectivity index (χ0) is 31.0. The fourth-order valence-corrected chi connectivity index (χ4v) is 27.6. The summed E-state index contributed by atoms with van der Waals surface area (Å²) in [5, 5.41) is 0. The topological polar surface area (TPSA) is 26.3 Å². The van der Waals surface area contributed by atoms with Gasteiger partial charge in [0.05, 0.1) is 0 Å². The van der Waals surface area contributed by atoms with Gasteiger partial charge >= 0.3 is 281 Å². The molecule has 0 saturated heterocycles. The minimum absolute atomic E-state index is 0. The third-order valence-corrected chi connectivity index (χ3v) is 28.9. The molecular weight excluding hydrogens is 727 g/mol. The van der Waals surface area contributed by atoms with Crippen molar-refractivity contribution >= 4 is 16.6 Å². The average Bonchev–Trinajstić information content (AvgIpc) is 3.88. The second kappa shape index (κ2) is 15.0. The van der Waals surface area contributed by atoms with Crippen LogP contribution in [0.15, 0.2) is 189 Å². The Morgan fingerprint density at radius 3 is 1.33 bits per heavy atom. The molecular formula is C42H36Cl2O2SiZr. The molecule has 4 aromatic rings. The smallest absolute Gasteiger partial charge is 1.00 e. The van der Waals surface area contributed by atoms with Crippen LogP contribution in [0.2, 0.25) is 20.3 Å². The van der Waals surface area contributed by atoms with Gasteiger partial charge in [-0.05, 0) is 0 Å². The van der Waals surface area contributed by atoms with Crippen LogP contribution in [-0.2, 0) is 20.4 Å². The molecule has 48 heavy (non-hydrogen) atoms. The Balaban J connectivity index is 0.00000201. The van der Waals surface area contributed by atoms with Gasteiger partial charge in [-0.25, -0.2) is 0 Å². The van der Waals surface area contributed by atoms with E-state index >= 15 is 0 Å². The fourth-order valence-electron chi connectivity index (χ4n) is 7.77. The average molecular weight is 763 g/mol. The van der Waals surface area contributed by atoms with Gasteiger partial charge in [0.1, 0.15) is 0 Å². The minimum Gasteiger partial charge on any atom is -1.00 e. The molecule has 0 saturated carbocycles. The van der Waals surface area contributed by atoms with E-state index in [0.717, 1.165) is 11.5 Å². The minimum atomic E-state index is -2.57. The summed E-state index contributed by atoms with van der Waals surface area (Å²) in [7, 11) is 0. The van der Waals surface area contributed by atoms with Crippen molar-refractivity contribution in [3.05, 3.63) is 203 Å². The van der Waals surface area contributed by atoms with E-state index in [-0.39, 0.29) is 36.6 Å². The first kappa shape index (κ1) is 34.5. The van der Waals surface area contributed by atoms with E-state index < -0.39 is 25.8 Å². The Bertz CT molecular complexity index is 1910. The number of rotatable bonds is 6. The molecule has 0 spiro atoms. The van der Waals surface area contributed by atoms with Gasteiger partial charge in [0.2, 0.25) is 0 Å². The molecule has 0 aliphatic heterocycles. The quantitative estimate of drug-likeness (QED) is 0.252. The first-order valence-corrected chi connectivity index (χ1v) is 25.2. The number of benzene rings is 2. The molecule has 0 fully saturated rings. The van der Waals surface area contributed by atoms with Crippen LogP contribution in [0.25, 0.3) is 11.1 Å². The van der Waals surface area contributed by atoms with Crippen molar-refractivity contribution in [1.82, 2.24) is 0 Å². The van der Waals surface area contributed by atoms with Crippen LogP contribution in [0.5, 0.6) is 0 Å². The van der Waals surface area contributed by atoms with Crippen LogP contribution in [0.3, 0.4) is 0 Å². The first-order chi connectivity index (χ1) is 22.7. The Hall–Kier alpha value is -3.40. The maximum Gasteiger partial charge on any atom is -1.00 e. The molecule has 0 amide bonds. The molecule has 4 aliphatic carbocycles. The third kappa shape index (κ3) is 6.25. The van der Waals surface area contributed by atoms with E-state index in [1.165, 1.54) is 44.6 Å². The van der Waals surface area contributed by atoms with Crippen LogP contribution in [-0.4, -0.2) is 5.43 Å². The molecule has 2 nitrogen and oxygen atoms in total. The van der Waals surface area contributed by atoms with Gasteiger partial charge in [0, 0.05) is 0 Å². The first-order valence-electron chi connectivity index (χ1n) is 16.1. The molecule has 2 aromatic heterocycles. The second-order valence-corrected chi connectivity index (χ2v) is 30.4. The van der Waals surface area contributed by atoms with Crippen LogP contribution in [0, 0.1) is 0 Å². The number of hydrogen-bond donors (Lipinski definition) is 0. The zero-order valence-electron chi connectivity index (χ0n) is 26.9. The molecule has 4 aliphatic rings. The SMILES string of the molecule is C[Si](C)=[Zr+2]([CH]1C(c2ccco2)=CC2=C1C=CC=CC2c1ccccc1)[CH]1C(c2ccco2)=CC2=C1C=CC=CC2c1ccccc1.[Cl-].[Cl-]. The van der Waals surface area contributed by atoms with E-state index in [2.05, 4.69) is 147 Å². The summed E-state index contributed by atoms with van der Waals surface area (Å²) in [5.41, 5.74) is 10.5. The summed E-state index contributed by atoms with van der Waals surface area (Å²) in [5.74, 6) is 2.44. The normalized spacial score (nSPS) is 22.0. The summed E-state index contributed by atoms with van der Waals surface area (Å²) in [4.78, 5) is 0. The van der Waals surface area contributed by atoms with Gasteiger partial charge in [-0.1, -0.05) is 0 Å². The van der Waals surface area contributed by atoms with E-state index in [0.29, 0.717) is 7.25 Å². The summed E-state index contributed by atoms with van der Waals surface area (Å²) >= 11 is -2.57. The van der Waals surface area contributed by atoms with Crippen molar-refractivity contribution in [2.75, 3.05) is 0 Å². The van der Waals surface area contributed by atoms with Gasteiger partial charge in [-0.2, -0.15) is 0 Å². The molecule has 238 valence electrons.